The fourth-order valence-corrected chi connectivity index (χ4v) is 2.55. The second-order valence-corrected chi connectivity index (χ2v) is 5.19. The van der Waals surface area contributed by atoms with Crippen LogP contribution >= 0.6 is 22.9 Å². The van der Waals surface area contributed by atoms with E-state index in [1.54, 1.807) is 11.3 Å². The van der Waals surface area contributed by atoms with Gasteiger partial charge in [0.1, 0.15) is 0 Å². The second-order valence-electron chi connectivity index (χ2n) is 3.44. The van der Waals surface area contributed by atoms with Crippen molar-refractivity contribution in [2.45, 2.75) is 19.3 Å². The van der Waals surface area contributed by atoms with Crippen LogP contribution in [0.5, 0.6) is 0 Å². The Kier molecular flexibility index (Phi) is 3.99. The molecule has 1 aliphatic heterocycles. The third-order valence-corrected chi connectivity index (χ3v) is 3.72. The van der Waals surface area contributed by atoms with E-state index in [9.17, 15) is 0 Å². The fraction of sp³-hybridized carbons (Fsp3) is 0.600. The van der Waals surface area contributed by atoms with Gasteiger partial charge in [-0.15, -0.1) is 11.3 Å². The molecule has 1 aromatic rings. The van der Waals surface area contributed by atoms with Crippen LogP contribution in [0.4, 0.5) is 0 Å². The quantitative estimate of drug-likeness (QED) is 0.887. The molecule has 1 saturated heterocycles. The number of hydrogen-bond acceptors (Lipinski definition) is 4. The molecule has 0 bridgehead atoms. The molecule has 84 valence electrons. The van der Waals surface area contributed by atoms with E-state index in [0.29, 0.717) is 13.2 Å². The summed E-state index contributed by atoms with van der Waals surface area (Å²) in [6.45, 7) is 4.23. The number of ether oxygens (including phenoxy) is 2. The standard InChI is InChI=1S/C10H14ClNO2S/c1-7(8-2-3-9(11)15-8)12-6-10-13-4-5-14-10/h2-3,7,10,12H,4-6H2,1H3/t7-/m0/s1. The van der Waals surface area contributed by atoms with Crippen molar-refractivity contribution in [3.63, 3.8) is 0 Å². The summed E-state index contributed by atoms with van der Waals surface area (Å²) in [5.41, 5.74) is 0. The summed E-state index contributed by atoms with van der Waals surface area (Å²) in [4.78, 5) is 1.23. The molecule has 1 N–H and O–H groups in total. The Bertz CT molecular complexity index is 312. The molecule has 0 amide bonds. The van der Waals surface area contributed by atoms with Crippen LogP contribution in [0.1, 0.15) is 17.8 Å². The molecule has 0 unspecified atom stereocenters. The van der Waals surface area contributed by atoms with Gasteiger partial charge in [-0.05, 0) is 19.1 Å². The van der Waals surface area contributed by atoms with Gasteiger partial charge in [-0.1, -0.05) is 11.6 Å². The molecule has 15 heavy (non-hydrogen) atoms. The average Bonchev–Trinajstić information content (AvgIpc) is 2.84. The minimum Gasteiger partial charge on any atom is -0.349 e. The van der Waals surface area contributed by atoms with E-state index >= 15 is 0 Å². The molecule has 0 aliphatic carbocycles. The first-order chi connectivity index (χ1) is 7.25. The average molecular weight is 248 g/mol. The zero-order valence-electron chi connectivity index (χ0n) is 8.53. The predicted molar refractivity (Wildman–Crippen MR) is 61.4 cm³/mol. The molecule has 2 heterocycles. The highest BCUT2D eigenvalue weighted by molar-refractivity contribution is 7.16. The first kappa shape index (κ1) is 11.4. The van der Waals surface area contributed by atoms with Crippen molar-refractivity contribution in [3.8, 4) is 0 Å². The molecule has 0 saturated carbocycles. The lowest BCUT2D eigenvalue weighted by Crippen LogP contribution is -2.29. The van der Waals surface area contributed by atoms with Gasteiger partial charge in [0.25, 0.3) is 0 Å². The van der Waals surface area contributed by atoms with E-state index in [2.05, 4.69) is 12.2 Å². The Hall–Kier alpha value is -0.130. The molecule has 3 nitrogen and oxygen atoms in total. The monoisotopic (exact) mass is 247 g/mol. The zero-order valence-corrected chi connectivity index (χ0v) is 10.1. The van der Waals surface area contributed by atoms with Crippen LogP contribution in [0.3, 0.4) is 0 Å². The molecular formula is C10H14ClNO2S. The van der Waals surface area contributed by atoms with Crippen molar-refractivity contribution in [1.82, 2.24) is 5.32 Å². The number of halogens is 1. The number of rotatable bonds is 4. The first-order valence-corrected chi connectivity index (χ1v) is 6.17. The highest BCUT2D eigenvalue weighted by atomic mass is 35.5. The second kappa shape index (κ2) is 5.27. The van der Waals surface area contributed by atoms with Crippen LogP contribution < -0.4 is 5.32 Å². The normalized spacial score (nSPS) is 19.6. The van der Waals surface area contributed by atoms with E-state index in [-0.39, 0.29) is 12.3 Å². The van der Waals surface area contributed by atoms with Crippen LogP contribution in [-0.4, -0.2) is 26.0 Å². The van der Waals surface area contributed by atoms with E-state index in [1.165, 1.54) is 4.88 Å². The van der Waals surface area contributed by atoms with Gasteiger partial charge >= 0.3 is 0 Å². The summed E-state index contributed by atoms with van der Waals surface area (Å²) in [5.74, 6) is 0. The van der Waals surface area contributed by atoms with Crippen LogP contribution in [0.15, 0.2) is 12.1 Å². The smallest absolute Gasteiger partial charge is 0.170 e. The Morgan fingerprint density at radius 3 is 2.87 bits per heavy atom. The van der Waals surface area contributed by atoms with Gasteiger partial charge in [0.05, 0.1) is 17.6 Å². The molecule has 1 fully saturated rings. The van der Waals surface area contributed by atoms with Gasteiger partial charge in [-0.25, -0.2) is 0 Å². The third-order valence-electron chi connectivity index (χ3n) is 2.30. The maximum atomic E-state index is 5.87. The molecule has 2 rings (SSSR count). The zero-order chi connectivity index (χ0) is 10.7. The maximum absolute atomic E-state index is 5.87. The van der Waals surface area contributed by atoms with E-state index in [1.807, 2.05) is 12.1 Å². The molecule has 1 aliphatic rings. The van der Waals surface area contributed by atoms with Gasteiger partial charge in [-0.3, -0.25) is 0 Å². The summed E-state index contributed by atoms with van der Waals surface area (Å²) >= 11 is 7.47. The fourth-order valence-electron chi connectivity index (χ4n) is 1.46. The molecular weight excluding hydrogens is 234 g/mol. The number of thiophene rings is 1. The lowest BCUT2D eigenvalue weighted by molar-refractivity contribution is -0.0403. The minimum absolute atomic E-state index is 0.0946. The van der Waals surface area contributed by atoms with Crippen LogP contribution in [-0.2, 0) is 9.47 Å². The van der Waals surface area contributed by atoms with Crippen molar-refractivity contribution >= 4 is 22.9 Å². The summed E-state index contributed by atoms with van der Waals surface area (Å²) in [6, 6.07) is 4.25. The summed E-state index contributed by atoms with van der Waals surface area (Å²) in [5, 5.41) is 3.36. The minimum atomic E-state index is -0.0946. The Morgan fingerprint density at radius 2 is 2.27 bits per heavy atom. The number of nitrogens with one attached hydrogen (secondary N) is 1. The molecule has 1 atom stereocenters. The summed E-state index contributed by atoms with van der Waals surface area (Å²) in [6.07, 6.45) is -0.0946. The van der Waals surface area contributed by atoms with E-state index in [0.717, 1.165) is 10.9 Å². The van der Waals surface area contributed by atoms with Crippen molar-refractivity contribution in [3.05, 3.63) is 21.3 Å². The molecule has 5 heteroatoms. The largest absolute Gasteiger partial charge is 0.349 e. The topological polar surface area (TPSA) is 30.5 Å². The Morgan fingerprint density at radius 1 is 1.53 bits per heavy atom. The first-order valence-electron chi connectivity index (χ1n) is 4.97. The third kappa shape index (κ3) is 3.16. The highest BCUT2D eigenvalue weighted by Crippen LogP contribution is 2.26. The van der Waals surface area contributed by atoms with E-state index in [4.69, 9.17) is 21.1 Å². The lowest BCUT2D eigenvalue weighted by Gasteiger charge is -2.15. The molecule has 0 spiro atoms. The maximum Gasteiger partial charge on any atom is 0.170 e. The molecule has 0 radical (unpaired) electrons. The SMILES string of the molecule is C[C@H](NCC1OCCO1)c1ccc(Cl)s1. The lowest BCUT2D eigenvalue weighted by atomic mass is 10.3. The molecule has 1 aromatic heterocycles. The van der Waals surface area contributed by atoms with Gasteiger partial charge in [0, 0.05) is 17.5 Å². The summed E-state index contributed by atoms with van der Waals surface area (Å²) < 4.78 is 11.5. The van der Waals surface area contributed by atoms with Crippen molar-refractivity contribution < 1.29 is 9.47 Å². The Balaban J connectivity index is 1.79. The van der Waals surface area contributed by atoms with Crippen molar-refractivity contribution in [1.29, 1.82) is 0 Å². The van der Waals surface area contributed by atoms with Crippen molar-refractivity contribution in [2.75, 3.05) is 19.8 Å². The van der Waals surface area contributed by atoms with Crippen LogP contribution in [0, 0.1) is 0 Å². The van der Waals surface area contributed by atoms with Crippen molar-refractivity contribution in [2.24, 2.45) is 0 Å². The molecule has 0 aromatic carbocycles. The number of hydrogen-bond donors (Lipinski definition) is 1. The van der Waals surface area contributed by atoms with Crippen LogP contribution in [0.25, 0.3) is 0 Å². The Labute approximate surface area is 98.3 Å². The van der Waals surface area contributed by atoms with E-state index < -0.39 is 0 Å². The van der Waals surface area contributed by atoms with Gasteiger partial charge < -0.3 is 14.8 Å². The highest BCUT2D eigenvalue weighted by Gasteiger charge is 2.17. The van der Waals surface area contributed by atoms with Gasteiger partial charge in [-0.2, -0.15) is 0 Å². The van der Waals surface area contributed by atoms with Gasteiger partial charge in [0.15, 0.2) is 6.29 Å². The van der Waals surface area contributed by atoms with Gasteiger partial charge in [0.2, 0.25) is 0 Å². The van der Waals surface area contributed by atoms with Crippen LogP contribution in [0.2, 0.25) is 4.34 Å². The summed E-state index contributed by atoms with van der Waals surface area (Å²) in [7, 11) is 0. The predicted octanol–water partition coefficient (Wildman–Crippen LogP) is 2.43.